The summed E-state index contributed by atoms with van der Waals surface area (Å²) in [6, 6.07) is 15.7. The summed E-state index contributed by atoms with van der Waals surface area (Å²) in [6.07, 6.45) is 3.28. The Bertz CT molecular complexity index is 2980. The maximum Gasteiger partial charge on any atom is 0.324 e. The lowest BCUT2D eigenvalue weighted by Crippen LogP contribution is -2.76. The molecular formula is C83H152N22O8. The van der Waals surface area contributed by atoms with E-state index in [1.165, 1.54) is 203 Å². The van der Waals surface area contributed by atoms with Crippen LogP contribution in [0.4, 0.5) is 0 Å². The van der Waals surface area contributed by atoms with Gasteiger partial charge in [-0.1, -0.05) is 37.3 Å². The van der Waals surface area contributed by atoms with E-state index in [2.05, 4.69) is 146 Å². The number of nitrogens with two attached hydrogens (primary N) is 2. The smallest absolute Gasteiger partial charge is 0.324 e. The maximum absolute atomic E-state index is 11.9. The molecule has 12 atom stereocenters. The lowest BCUT2D eigenvalue weighted by molar-refractivity contribution is -0.173. The Morgan fingerprint density at radius 2 is 0.912 bits per heavy atom. The van der Waals surface area contributed by atoms with Gasteiger partial charge >= 0.3 is 11.9 Å². The number of carbonyl (C=O) groups excluding carboxylic acids is 4. The number of fused-ring (bicyclic) bond motifs is 30. The molecule has 30 heterocycles. The Morgan fingerprint density at radius 3 is 1.23 bits per heavy atom. The summed E-state index contributed by atoms with van der Waals surface area (Å²) in [4.78, 5) is 92.7. The van der Waals surface area contributed by atoms with Crippen LogP contribution in [-0.2, 0) is 28.7 Å². The Kier molecular flexibility index (Phi) is 33.2. The van der Waals surface area contributed by atoms with E-state index in [9.17, 15) is 24.3 Å². The van der Waals surface area contributed by atoms with Gasteiger partial charge in [-0.3, -0.25) is 107 Å². The van der Waals surface area contributed by atoms with Crippen LogP contribution in [0.3, 0.4) is 0 Å². The predicted molar refractivity (Wildman–Crippen MR) is 444 cm³/mol. The molecule has 31 rings (SSSR count). The maximum atomic E-state index is 11.9. The van der Waals surface area contributed by atoms with E-state index in [0.29, 0.717) is 49.8 Å². The third-order valence-corrected chi connectivity index (χ3v) is 28.4. The summed E-state index contributed by atoms with van der Waals surface area (Å²) >= 11 is 0. The van der Waals surface area contributed by atoms with Crippen LogP contribution < -0.4 is 11.5 Å². The quantitative estimate of drug-likeness (QED) is 0.174. The number of carbonyl (C=O) groups is 4. The van der Waals surface area contributed by atoms with Gasteiger partial charge in [-0.2, -0.15) is 0 Å². The van der Waals surface area contributed by atoms with Crippen molar-refractivity contribution < 1.29 is 38.9 Å². The monoisotopic (exact) mass is 1590 g/mol. The molecule has 1 aromatic carbocycles. The van der Waals surface area contributed by atoms with Crippen LogP contribution in [0.2, 0.25) is 0 Å². The molecule has 30 saturated heterocycles. The third kappa shape index (κ3) is 23.9. The van der Waals surface area contributed by atoms with Crippen LogP contribution >= 0.6 is 0 Å². The number of benzene rings is 1. The first kappa shape index (κ1) is 88.5. The van der Waals surface area contributed by atoms with Crippen molar-refractivity contribution in [3.8, 4) is 0 Å². The van der Waals surface area contributed by atoms with Gasteiger partial charge < -0.3 is 41.0 Å². The van der Waals surface area contributed by atoms with Crippen molar-refractivity contribution in [3.63, 3.8) is 0 Å². The normalized spacial score (nSPS) is 40.4. The van der Waals surface area contributed by atoms with E-state index in [4.69, 9.17) is 26.0 Å². The fraction of sp³-hybridized carbons (Fsp3) is 0.880. The molecule has 0 radical (unpaired) electrons. The van der Waals surface area contributed by atoms with Gasteiger partial charge in [0.05, 0.1) is 25.2 Å². The van der Waals surface area contributed by atoms with Crippen molar-refractivity contribution >= 4 is 23.8 Å². The Labute approximate surface area is 679 Å². The Hall–Kier alpha value is -3.78. The van der Waals surface area contributed by atoms with Crippen LogP contribution in [0, 0.1) is 0 Å². The van der Waals surface area contributed by atoms with Crippen LogP contribution in [0.15, 0.2) is 30.3 Å². The van der Waals surface area contributed by atoms with Crippen molar-refractivity contribution in [3.05, 3.63) is 35.9 Å². The van der Waals surface area contributed by atoms with E-state index in [-0.39, 0.29) is 41.2 Å². The van der Waals surface area contributed by atoms with Crippen LogP contribution in [-0.4, -0.2) is 533 Å². The standard InChI is InChI=1S/C12H16N2.C10H18N2O.C9H16N2O2.C9H18N2.C8H17N3.C8H14N2O2.C8H16N2O.C7H15N3.C6H12N2O.C6H10N2O/c1-2-4-11(5-3-1)12-10-13-6-8-14(12)9-7-13;1-9(2)7-11-5-6-12(9)10(3,4)8(11)13;1-8(12)13-7-9-6-10-2-4-11(9)5-3-10;1-3-9-7-10-4-5-11(9)6-8(10)2;9-2-1-8-7-10-3-5-11(8)6-4-10;1-12-8(11)7-6-9-2-4-10(7)5-3-9;11-6-1-8-7-9-2-4-10(8)5-3-9;8-5-7-6-9-1-3-10(7)4-2-9;2*9-6-5-7-1-3-8(6)4-2-7/h1-5,12H,6-10H2;5-7H2,1-4H3;9H,2-7H2,1H3;8-9H,3-7H2,1-2H3;8H,1-7,9H2;7H,2-6H2,1H3;8,11H,1-7H2;7H,1-6,8H2;6,9H,1-5H2;1-5H2. The van der Waals surface area contributed by atoms with Crippen LogP contribution in [0.1, 0.15) is 79.3 Å². The van der Waals surface area contributed by atoms with E-state index in [0.717, 1.165) is 169 Å². The summed E-state index contributed by atoms with van der Waals surface area (Å²) in [7, 11) is 1.46. The van der Waals surface area contributed by atoms with Crippen molar-refractivity contribution in [2.75, 3.05) is 341 Å². The Morgan fingerprint density at radius 1 is 0.469 bits per heavy atom. The number of hydrogen-bond donors (Lipinski definition) is 4. The first-order valence-electron chi connectivity index (χ1n) is 44.3. The highest BCUT2D eigenvalue weighted by Gasteiger charge is 2.53. The number of amides is 2. The van der Waals surface area contributed by atoms with Gasteiger partial charge in [0.2, 0.25) is 11.8 Å². The molecule has 113 heavy (non-hydrogen) atoms. The molecule has 30 nitrogen and oxygen atoms in total. The Balaban J connectivity index is 0.000000117. The van der Waals surface area contributed by atoms with E-state index < -0.39 is 0 Å². The molecule has 6 N–H and O–H groups in total. The molecule has 12 unspecified atom stereocenters. The fourth-order valence-corrected chi connectivity index (χ4v) is 21.3. The zero-order chi connectivity index (χ0) is 79.8. The highest BCUT2D eigenvalue weighted by molar-refractivity contribution is 5.87. The summed E-state index contributed by atoms with van der Waals surface area (Å²) < 4.78 is 9.76. The number of hydrogen-bond acceptors (Lipinski definition) is 28. The molecule has 0 saturated carbocycles. The SMILES string of the molecule is CC(=O)OCC1CN2CCN1CC2.CC1(C)CN2CCN1C(C)(C)C2=O.CCC1CN2CCN1CC2C.COC(=O)C1CN2CCN1CC2.NCC1CN2CCN1CC2.NCCC1CN2CCN1CC2.O=C1CN2CCN1CC2.OC1CN2CCN1CC2.OCCC1CN2CCN1CC2.c1ccc(C2CN3CCN2CC3)cc1. The summed E-state index contributed by atoms with van der Waals surface area (Å²) in [5.41, 5.74) is 12.5. The second-order valence-corrected chi connectivity index (χ2v) is 36.4. The van der Waals surface area contributed by atoms with Crippen molar-refractivity contribution in [1.82, 2.24) is 98.0 Å². The largest absolute Gasteiger partial charge is 0.468 e. The highest BCUT2D eigenvalue weighted by Crippen LogP contribution is 2.37. The van der Waals surface area contributed by atoms with E-state index in [1.54, 1.807) is 0 Å². The number of methoxy groups -OCH3 is 1. The molecule has 30 aliphatic heterocycles. The number of piperazine rings is 30. The minimum Gasteiger partial charge on any atom is -0.468 e. The second-order valence-electron chi connectivity index (χ2n) is 36.4. The average Bonchev–Trinajstić information content (AvgIpc) is 0.732. The molecule has 0 aromatic heterocycles. The predicted octanol–water partition coefficient (Wildman–Crippen LogP) is -2.72. The zero-order valence-electron chi connectivity index (χ0n) is 71.2. The van der Waals surface area contributed by atoms with E-state index >= 15 is 0 Å². The number of aliphatic hydroxyl groups excluding tert-OH is 2. The van der Waals surface area contributed by atoms with Gasteiger partial charge in [0.15, 0.2) is 0 Å². The third-order valence-electron chi connectivity index (χ3n) is 28.4. The van der Waals surface area contributed by atoms with Crippen LogP contribution in [0.5, 0.6) is 0 Å². The minimum atomic E-state index is -0.292. The highest BCUT2D eigenvalue weighted by atomic mass is 16.5. The van der Waals surface area contributed by atoms with Crippen molar-refractivity contribution in [1.29, 1.82) is 0 Å². The van der Waals surface area contributed by atoms with E-state index in [1.807, 2.05) is 23.6 Å². The van der Waals surface area contributed by atoms with Gasteiger partial charge in [0.25, 0.3) is 0 Å². The molecule has 30 heteroatoms. The zero-order valence-corrected chi connectivity index (χ0v) is 71.2. The number of nitrogens with zero attached hydrogens (tertiary/aromatic N) is 20. The first-order chi connectivity index (χ1) is 54.6. The number of ether oxygens (including phenoxy) is 2. The lowest BCUT2D eigenvalue weighted by atomic mass is 9.84. The van der Waals surface area contributed by atoms with Gasteiger partial charge in [-0.05, 0) is 66.0 Å². The fourth-order valence-electron chi connectivity index (χ4n) is 21.3. The molecule has 642 valence electrons. The second kappa shape index (κ2) is 42.4. The number of rotatable bonds is 10. The molecule has 0 aliphatic carbocycles. The van der Waals surface area contributed by atoms with Gasteiger partial charge in [-0.25, -0.2) is 0 Å². The molecule has 0 spiro atoms. The molecule has 30 aliphatic rings. The van der Waals surface area contributed by atoms with Gasteiger partial charge in [0, 0.05) is 363 Å². The minimum absolute atomic E-state index is 0.00231. The van der Waals surface area contributed by atoms with Gasteiger partial charge in [0.1, 0.15) is 18.9 Å². The topological polar surface area (TPSA) is 244 Å². The molecular weight excluding hydrogens is 1430 g/mol. The molecule has 1 aromatic rings. The summed E-state index contributed by atoms with van der Waals surface area (Å²) in [5, 5.41) is 18.1. The first-order valence-corrected chi connectivity index (χ1v) is 44.3. The lowest BCUT2D eigenvalue weighted by Gasteiger charge is -2.60. The summed E-state index contributed by atoms with van der Waals surface area (Å²) in [6.45, 7) is 70.9. The summed E-state index contributed by atoms with van der Waals surface area (Å²) in [5.74, 6) is 0.350. The van der Waals surface area contributed by atoms with Gasteiger partial charge in [-0.15, -0.1) is 0 Å². The van der Waals surface area contributed by atoms with Crippen LogP contribution in [0.25, 0.3) is 0 Å². The average molecular weight is 1590 g/mol. The number of aliphatic hydroxyl groups is 2. The molecule has 20 bridgehead atoms. The number of esters is 2. The molecule has 30 fully saturated rings. The van der Waals surface area contributed by atoms with Crippen molar-refractivity contribution in [2.24, 2.45) is 11.5 Å². The van der Waals surface area contributed by atoms with Crippen molar-refractivity contribution in [2.45, 2.75) is 133 Å². The molecule has 2 amide bonds.